The van der Waals surface area contributed by atoms with Gasteiger partial charge in [-0.1, -0.05) is 0 Å². The van der Waals surface area contributed by atoms with Gasteiger partial charge >= 0.3 is 0 Å². The van der Waals surface area contributed by atoms with E-state index in [0.717, 1.165) is 71.8 Å². The van der Waals surface area contributed by atoms with Gasteiger partial charge in [0.15, 0.2) is 0 Å². The van der Waals surface area contributed by atoms with Crippen molar-refractivity contribution in [3.63, 3.8) is 0 Å². The minimum Gasteiger partial charge on any atom is -0.369 e. The van der Waals surface area contributed by atoms with Gasteiger partial charge in [-0.2, -0.15) is 0 Å². The van der Waals surface area contributed by atoms with Crippen molar-refractivity contribution < 1.29 is 9.47 Å². The molecule has 2 heterocycles. The van der Waals surface area contributed by atoms with Gasteiger partial charge in [-0.15, -0.1) is 0 Å². The Morgan fingerprint density at radius 2 is 0.882 bits per heavy atom. The highest BCUT2D eigenvalue weighted by atomic mass is 16.6. The molecule has 0 aromatic carbocycles. The van der Waals surface area contributed by atoms with E-state index in [0.29, 0.717) is 0 Å². The lowest BCUT2D eigenvalue weighted by molar-refractivity contribution is 0.152. The van der Waals surface area contributed by atoms with Crippen LogP contribution in [-0.2, 0) is 9.47 Å². The van der Waals surface area contributed by atoms with Crippen molar-refractivity contribution >= 4 is 0 Å². The topological polar surface area (TPSA) is 25.1 Å². The summed E-state index contributed by atoms with van der Waals surface area (Å²) in [6, 6.07) is 0. The van der Waals surface area contributed by atoms with Gasteiger partial charge in [-0.3, -0.25) is 0 Å². The highest BCUT2D eigenvalue weighted by Crippen LogP contribution is 2.76. The van der Waals surface area contributed by atoms with Gasteiger partial charge in [0.1, 0.15) is 0 Å². The van der Waals surface area contributed by atoms with Crippen LogP contribution in [0.2, 0.25) is 0 Å². The highest BCUT2D eigenvalue weighted by molar-refractivity contribution is 5.24. The van der Waals surface area contributed by atoms with Crippen LogP contribution in [-0.4, -0.2) is 24.4 Å². The lowest BCUT2D eigenvalue weighted by Crippen LogP contribution is -2.33. The van der Waals surface area contributed by atoms with Crippen molar-refractivity contribution in [3.05, 3.63) is 0 Å². The van der Waals surface area contributed by atoms with Crippen LogP contribution < -0.4 is 0 Å². The summed E-state index contributed by atoms with van der Waals surface area (Å²) in [4.78, 5) is 0. The molecule has 12 atom stereocenters. The first-order chi connectivity index (χ1) is 8.42. The Bertz CT molecular complexity index is 408. The molecular formula is C15H18O2. The van der Waals surface area contributed by atoms with E-state index >= 15 is 0 Å². The van der Waals surface area contributed by atoms with E-state index in [1.165, 1.54) is 12.8 Å². The third kappa shape index (κ3) is 0.669. The Balaban J connectivity index is 1.37. The maximum Gasteiger partial charge on any atom is 0.0875 e. The summed E-state index contributed by atoms with van der Waals surface area (Å²) in [7, 11) is 0. The third-order valence-corrected chi connectivity index (χ3v) is 7.97. The number of fused-ring (bicyclic) bond motifs is 17. The van der Waals surface area contributed by atoms with Crippen molar-refractivity contribution in [2.24, 2.45) is 47.3 Å². The molecule has 0 radical (unpaired) electrons. The molecule has 4 bridgehead atoms. The van der Waals surface area contributed by atoms with Gasteiger partial charge < -0.3 is 9.47 Å². The summed E-state index contributed by atoms with van der Waals surface area (Å²) < 4.78 is 11.8. The average Bonchev–Trinajstić information content (AvgIpc) is 3.08. The van der Waals surface area contributed by atoms with Crippen molar-refractivity contribution in [1.82, 2.24) is 0 Å². The third-order valence-electron chi connectivity index (χ3n) is 7.97. The van der Waals surface area contributed by atoms with Crippen LogP contribution in [0.25, 0.3) is 0 Å². The lowest BCUT2D eigenvalue weighted by Gasteiger charge is -2.30. The monoisotopic (exact) mass is 230 g/mol. The van der Waals surface area contributed by atoms with Gasteiger partial charge in [0.25, 0.3) is 0 Å². The zero-order chi connectivity index (χ0) is 10.5. The molecule has 7 rings (SSSR count). The molecule has 0 spiro atoms. The number of hydrogen-bond acceptors (Lipinski definition) is 2. The second kappa shape index (κ2) is 2.12. The van der Waals surface area contributed by atoms with Gasteiger partial charge in [0.05, 0.1) is 24.4 Å². The fraction of sp³-hybridized carbons (Fsp3) is 1.00. The molecule has 0 N–H and O–H groups in total. The number of ether oxygens (including phenoxy) is 2. The Labute approximate surface area is 101 Å². The molecule has 2 aliphatic heterocycles. The smallest absolute Gasteiger partial charge is 0.0875 e. The quantitative estimate of drug-likeness (QED) is 0.592. The Kier molecular flexibility index (Phi) is 1.02. The van der Waals surface area contributed by atoms with Crippen LogP contribution >= 0.6 is 0 Å². The summed E-state index contributed by atoms with van der Waals surface area (Å²) in [5, 5.41) is 0. The van der Waals surface area contributed by atoms with Crippen molar-refractivity contribution in [2.75, 3.05) is 0 Å². The first-order valence-corrected chi connectivity index (χ1v) is 7.73. The fourth-order valence-electron chi connectivity index (χ4n) is 7.73. The summed E-state index contributed by atoms with van der Waals surface area (Å²) in [6.45, 7) is 0. The molecule has 7 aliphatic rings. The van der Waals surface area contributed by atoms with Crippen LogP contribution in [0.4, 0.5) is 0 Å². The average molecular weight is 230 g/mol. The highest BCUT2D eigenvalue weighted by Gasteiger charge is 2.77. The molecule has 2 nitrogen and oxygen atoms in total. The maximum absolute atomic E-state index is 5.91. The van der Waals surface area contributed by atoms with Crippen LogP contribution in [0, 0.1) is 47.3 Å². The number of hydrogen-bond donors (Lipinski definition) is 0. The Morgan fingerprint density at radius 3 is 1.41 bits per heavy atom. The van der Waals surface area contributed by atoms with Crippen LogP contribution in [0.3, 0.4) is 0 Å². The van der Waals surface area contributed by atoms with Gasteiger partial charge in [-0.05, 0) is 66.6 Å². The summed E-state index contributed by atoms with van der Waals surface area (Å²) in [5.74, 6) is 8.18. The number of rotatable bonds is 0. The van der Waals surface area contributed by atoms with Gasteiger partial charge in [0.2, 0.25) is 0 Å². The summed E-state index contributed by atoms with van der Waals surface area (Å²) >= 11 is 0. The van der Waals surface area contributed by atoms with E-state index in [9.17, 15) is 0 Å². The molecule has 17 heavy (non-hydrogen) atoms. The van der Waals surface area contributed by atoms with Gasteiger partial charge in [0, 0.05) is 0 Å². The molecule has 0 aromatic heterocycles. The minimum atomic E-state index is 0.718. The second-order valence-electron chi connectivity index (χ2n) is 7.98. The lowest BCUT2D eigenvalue weighted by atomic mass is 9.72. The van der Waals surface area contributed by atoms with E-state index in [1.54, 1.807) is 6.42 Å². The largest absolute Gasteiger partial charge is 0.369 e. The molecule has 0 aromatic rings. The van der Waals surface area contributed by atoms with E-state index in [4.69, 9.17) is 9.47 Å². The zero-order valence-electron chi connectivity index (χ0n) is 9.87. The zero-order valence-corrected chi connectivity index (χ0v) is 9.87. The first-order valence-electron chi connectivity index (χ1n) is 7.73. The van der Waals surface area contributed by atoms with Crippen LogP contribution in [0.1, 0.15) is 19.3 Å². The standard InChI is InChI=1S/C15H18O2/c1-4-6-2-8(14-12(6)16-14)10(4)11-5(1)7-3-9(11)15-13(7)17-15/h4-15H,1-3H2/t4?,5?,6?,7?,8?,9?,10?,11?,12-,13?,14?,15?/m0/s1. The van der Waals surface area contributed by atoms with E-state index < -0.39 is 0 Å². The predicted molar refractivity (Wildman–Crippen MR) is 59.1 cm³/mol. The van der Waals surface area contributed by atoms with Crippen LogP contribution in [0.5, 0.6) is 0 Å². The minimum absolute atomic E-state index is 0.718. The SMILES string of the molecule is C1C2C3CC4C(C5CC4[C@@H]4OC54)C3C1C1OC21. The molecule has 5 aliphatic carbocycles. The Hall–Kier alpha value is -0.0800. The van der Waals surface area contributed by atoms with Crippen molar-refractivity contribution in [2.45, 2.75) is 43.7 Å². The van der Waals surface area contributed by atoms with E-state index in [1.807, 2.05) is 0 Å². The first kappa shape index (κ1) is 8.16. The molecule has 2 heteroatoms. The fourth-order valence-corrected chi connectivity index (χ4v) is 7.73. The molecule has 11 unspecified atom stereocenters. The second-order valence-corrected chi connectivity index (χ2v) is 7.98. The molecule has 2 saturated heterocycles. The Morgan fingerprint density at radius 1 is 0.471 bits per heavy atom. The van der Waals surface area contributed by atoms with E-state index in [-0.39, 0.29) is 0 Å². The summed E-state index contributed by atoms with van der Waals surface area (Å²) in [5.41, 5.74) is 0. The molecule has 7 fully saturated rings. The number of epoxide rings is 2. The maximum atomic E-state index is 5.91. The van der Waals surface area contributed by atoms with E-state index in [2.05, 4.69) is 0 Å². The molecule has 0 amide bonds. The molecule has 5 saturated carbocycles. The molecular weight excluding hydrogens is 212 g/mol. The van der Waals surface area contributed by atoms with Crippen LogP contribution in [0.15, 0.2) is 0 Å². The summed E-state index contributed by atoms with van der Waals surface area (Å²) in [6.07, 6.45) is 7.49. The predicted octanol–water partition coefficient (Wildman–Crippen LogP) is 1.69. The normalized spacial score (nSPS) is 83.3. The van der Waals surface area contributed by atoms with Gasteiger partial charge in [-0.25, -0.2) is 0 Å². The molecule has 90 valence electrons. The van der Waals surface area contributed by atoms with Crippen molar-refractivity contribution in [1.29, 1.82) is 0 Å². The van der Waals surface area contributed by atoms with Crippen molar-refractivity contribution in [3.8, 4) is 0 Å².